The van der Waals surface area contributed by atoms with Gasteiger partial charge in [0.05, 0.1) is 0 Å². The Labute approximate surface area is 45.1 Å². The van der Waals surface area contributed by atoms with Crippen molar-refractivity contribution in [2.75, 3.05) is 13.7 Å². The summed E-state index contributed by atoms with van der Waals surface area (Å²) in [5.41, 5.74) is 4.92. The monoisotopic (exact) mass is 102 g/mol. The standard InChI is InChI=1S/C3H6.C2H8N2/c1-2-3-1;1-4-2-3/h1-3H2;4H,2-3H2,1H3. The van der Waals surface area contributed by atoms with Gasteiger partial charge in [0, 0.05) is 6.67 Å². The lowest BCUT2D eigenvalue weighted by Gasteiger charge is -1.77. The zero-order valence-corrected chi connectivity index (χ0v) is 4.91. The quantitative estimate of drug-likeness (QED) is 0.467. The molecule has 2 heteroatoms. The van der Waals surface area contributed by atoms with Gasteiger partial charge in [0.2, 0.25) is 0 Å². The summed E-state index contributed by atoms with van der Waals surface area (Å²) >= 11 is 0. The molecule has 1 aliphatic carbocycles. The zero-order valence-electron chi connectivity index (χ0n) is 4.91. The highest BCUT2D eigenvalue weighted by Gasteiger charge is 1.95. The number of hydrogen-bond donors (Lipinski definition) is 2. The van der Waals surface area contributed by atoms with E-state index in [-0.39, 0.29) is 0 Å². The Morgan fingerprint density at radius 3 is 1.71 bits per heavy atom. The van der Waals surface area contributed by atoms with Crippen LogP contribution in [0, 0.1) is 0 Å². The van der Waals surface area contributed by atoms with Gasteiger partial charge in [0.25, 0.3) is 0 Å². The molecule has 1 fully saturated rings. The average molecular weight is 102 g/mol. The fourth-order valence-corrected chi connectivity index (χ4v) is 0. The topological polar surface area (TPSA) is 38.0 Å². The van der Waals surface area contributed by atoms with Crippen LogP contribution in [0.4, 0.5) is 0 Å². The van der Waals surface area contributed by atoms with Gasteiger partial charge in [0.1, 0.15) is 0 Å². The summed E-state index contributed by atoms with van der Waals surface area (Å²) in [5, 5.41) is 2.71. The number of hydrogen-bond acceptors (Lipinski definition) is 2. The van der Waals surface area contributed by atoms with Crippen LogP contribution in [0.1, 0.15) is 19.3 Å². The maximum absolute atomic E-state index is 4.92. The molecule has 1 rings (SSSR count). The van der Waals surface area contributed by atoms with Crippen LogP contribution in [0.5, 0.6) is 0 Å². The van der Waals surface area contributed by atoms with E-state index in [2.05, 4.69) is 5.32 Å². The van der Waals surface area contributed by atoms with Crippen LogP contribution in [0.3, 0.4) is 0 Å². The summed E-state index contributed by atoms with van der Waals surface area (Å²) in [6, 6.07) is 0. The predicted octanol–water partition coefficient (Wildman–Crippen LogP) is 0.292. The fourth-order valence-electron chi connectivity index (χ4n) is 0. The van der Waals surface area contributed by atoms with Crippen molar-refractivity contribution in [3.8, 4) is 0 Å². The summed E-state index contributed by atoms with van der Waals surface area (Å²) in [5.74, 6) is 0. The van der Waals surface area contributed by atoms with Gasteiger partial charge in [-0.05, 0) is 7.05 Å². The normalized spacial score (nSPS) is 14.6. The second kappa shape index (κ2) is 5.92. The fraction of sp³-hybridized carbons (Fsp3) is 1.00. The minimum atomic E-state index is 0.569. The Kier molecular flexibility index (Phi) is 5.85. The maximum Gasteiger partial charge on any atom is 0.0426 e. The van der Waals surface area contributed by atoms with E-state index in [0.717, 1.165) is 0 Å². The van der Waals surface area contributed by atoms with Crippen molar-refractivity contribution in [1.29, 1.82) is 0 Å². The Morgan fingerprint density at radius 1 is 1.43 bits per heavy atom. The third kappa shape index (κ3) is 24.7. The first-order valence-electron chi connectivity index (χ1n) is 2.76. The van der Waals surface area contributed by atoms with Crippen LogP contribution in [-0.4, -0.2) is 13.7 Å². The first-order chi connectivity index (χ1) is 3.41. The third-order valence-corrected chi connectivity index (χ3v) is 0.558. The first kappa shape index (κ1) is 6.92. The molecule has 3 N–H and O–H groups in total. The molecule has 0 amide bonds. The van der Waals surface area contributed by atoms with Crippen LogP contribution in [0.25, 0.3) is 0 Å². The van der Waals surface area contributed by atoms with Gasteiger partial charge in [-0.2, -0.15) is 0 Å². The number of nitrogens with two attached hydrogens (primary N) is 1. The van der Waals surface area contributed by atoms with E-state index in [4.69, 9.17) is 5.73 Å². The largest absolute Gasteiger partial charge is 0.319 e. The summed E-state index contributed by atoms with van der Waals surface area (Å²) in [6.07, 6.45) is 4.50. The lowest BCUT2D eigenvalue weighted by Crippen LogP contribution is -2.15. The highest BCUT2D eigenvalue weighted by atomic mass is 14.9. The molecule has 0 bridgehead atoms. The van der Waals surface area contributed by atoms with Crippen molar-refractivity contribution in [3.63, 3.8) is 0 Å². The summed E-state index contributed by atoms with van der Waals surface area (Å²) in [6.45, 7) is 0.569. The highest BCUT2D eigenvalue weighted by molar-refractivity contribution is 4.50. The summed E-state index contributed by atoms with van der Waals surface area (Å²) in [4.78, 5) is 0. The number of rotatable bonds is 1. The Hall–Kier alpha value is -0.0800. The van der Waals surface area contributed by atoms with Crippen LogP contribution in [-0.2, 0) is 0 Å². The molecule has 0 unspecified atom stereocenters. The molecule has 0 aromatic rings. The van der Waals surface area contributed by atoms with Crippen molar-refractivity contribution in [1.82, 2.24) is 5.32 Å². The van der Waals surface area contributed by atoms with Gasteiger partial charge in [-0.1, -0.05) is 19.3 Å². The van der Waals surface area contributed by atoms with E-state index in [1.165, 1.54) is 19.3 Å². The molecule has 1 saturated carbocycles. The summed E-state index contributed by atoms with van der Waals surface area (Å²) < 4.78 is 0. The van der Waals surface area contributed by atoms with Crippen LogP contribution >= 0.6 is 0 Å². The van der Waals surface area contributed by atoms with Crippen molar-refractivity contribution < 1.29 is 0 Å². The lowest BCUT2D eigenvalue weighted by atomic mass is 11.0. The molecule has 0 aromatic heterocycles. The van der Waals surface area contributed by atoms with Crippen LogP contribution in [0.2, 0.25) is 0 Å². The average Bonchev–Trinajstić information content (AvgIpc) is 2.47. The minimum Gasteiger partial charge on any atom is -0.319 e. The molecule has 1 aliphatic rings. The van der Waals surface area contributed by atoms with Gasteiger partial charge in [-0.3, -0.25) is 0 Å². The van der Waals surface area contributed by atoms with E-state index in [1.54, 1.807) is 7.05 Å². The SMILES string of the molecule is C1CC1.CNCN. The molecule has 0 heterocycles. The molecule has 0 radical (unpaired) electrons. The van der Waals surface area contributed by atoms with Gasteiger partial charge in [-0.25, -0.2) is 0 Å². The Bertz CT molecular complexity index is 22.5. The Balaban J connectivity index is 0.000000105. The zero-order chi connectivity index (χ0) is 5.54. The van der Waals surface area contributed by atoms with Gasteiger partial charge in [0.15, 0.2) is 0 Å². The van der Waals surface area contributed by atoms with Crippen molar-refractivity contribution in [3.05, 3.63) is 0 Å². The van der Waals surface area contributed by atoms with Crippen molar-refractivity contribution in [2.45, 2.75) is 19.3 Å². The molecule has 44 valence electrons. The lowest BCUT2D eigenvalue weighted by molar-refractivity contribution is 0.833. The molecule has 0 aliphatic heterocycles. The molecule has 0 aromatic carbocycles. The molecule has 0 atom stereocenters. The molecule has 2 nitrogen and oxygen atoms in total. The predicted molar refractivity (Wildman–Crippen MR) is 32.0 cm³/mol. The van der Waals surface area contributed by atoms with E-state index >= 15 is 0 Å². The van der Waals surface area contributed by atoms with E-state index < -0.39 is 0 Å². The molecule has 0 spiro atoms. The van der Waals surface area contributed by atoms with E-state index in [9.17, 15) is 0 Å². The molecule has 0 saturated heterocycles. The first-order valence-corrected chi connectivity index (χ1v) is 2.76. The maximum atomic E-state index is 4.92. The Morgan fingerprint density at radius 2 is 1.71 bits per heavy atom. The van der Waals surface area contributed by atoms with Crippen LogP contribution < -0.4 is 11.1 Å². The van der Waals surface area contributed by atoms with Gasteiger partial charge >= 0.3 is 0 Å². The second-order valence-corrected chi connectivity index (χ2v) is 1.62. The molecular formula is C5H14N2. The van der Waals surface area contributed by atoms with Gasteiger partial charge in [-0.15, -0.1) is 0 Å². The van der Waals surface area contributed by atoms with Gasteiger partial charge < -0.3 is 11.1 Å². The van der Waals surface area contributed by atoms with E-state index in [0.29, 0.717) is 6.67 Å². The summed E-state index contributed by atoms with van der Waals surface area (Å²) in [7, 11) is 1.81. The minimum absolute atomic E-state index is 0.569. The van der Waals surface area contributed by atoms with Crippen molar-refractivity contribution >= 4 is 0 Å². The molecule has 7 heavy (non-hydrogen) atoms. The van der Waals surface area contributed by atoms with E-state index in [1.807, 2.05) is 0 Å². The molecular weight excluding hydrogens is 88.1 g/mol. The number of nitrogens with one attached hydrogen (secondary N) is 1. The highest BCUT2D eigenvalue weighted by Crippen LogP contribution is 2.14. The van der Waals surface area contributed by atoms with Crippen LogP contribution in [0.15, 0.2) is 0 Å². The smallest absolute Gasteiger partial charge is 0.0426 e. The van der Waals surface area contributed by atoms with Crippen molar-refractivity contribution in [2.24, 2.45) is 5.73 Å². The third-order valence-electron chi connectivity index (χ3n) is 0.558. The second-order valence-electron chi connectivity index (χ2n) is 1.62.